The number of halogens is 2. The number of rotatable bonds is 7. The van der Waals surface area contributed by atoms with Gasteiger partial charge in [-0.1, -0.05) is 24.3 Å². The van der Waals surface area contributed by atoms with E-state index in [4.69, 9.17) is 4.74 Å². The summed E-state index contributed by atoms with van der Waals surface area (Å²) in [5.41, 5.74) is 0.409. The van der Waals surface area contributed by atoms with Crippen molar-refractivity contribution in [3.8, 4) is 5.75 Å². The summed E-state index contributed by atoms with van der Waals surface area (Å²) in [6.07, 6.45) is 0.694. The minimum absolute atomic E-state index is 0.0604. The normalized spacial score (nSPS) is 11.7. The molecule has 0 radical (unpaired) electrons. The molecule has 2 aromatic rings. The fraction of sp³-hybridized carbons (Fsp3) is 0.222. The maximum Gasteiger partial charge on any atom is 0.387 e. The van der Waals surface area contributed by atoms with E-state index >= 15 is 0 Å². The minimum atomic E-state index is -3.02. The molecule has 5 nitrogen and oxygen atoms in total. The van der Waals surface area contributed by atoms with Crippen LogP contribution in [0.3, 0.4) is 0 Å². The molecule has 1 atom stereocenters. The molecule has 0 aliphatic heterocycles. The van der Waals surface area contributed by atoms with Gasteiger partial charge in [-0.15, -0.1) is 11.8 Å². The van der Waals surface area contributed by atoms with Gasteiger partial charge in [0.1, 0.15) is 5.75 Å². The van der Waals surface area contributed by atoms with Gasteiger partial charge in [0.05, 0.1) is 11.3 Å². The van der Waals surface area contributed by atoms with E-state index < -0.39 is 24.6 Å². The number of hydrogen-bond donors (Lipinski definition) is 1. The van der Waals surface area contributed by atoms with Crippen LogP contribution in [0.1, 0.15) is 17.3 Å². The maximum absolute atomic E-state index is 12.4. The predicted octanol–water partition coefficient (Wildman–Crippen LogP) is 4.19. The zero-order chi connectivity index (χ0) is 19.1. The Morgan fingerprint density at radius 1 is 1.08 bits per heavy atom. The van der Waals surface area contributed by atoms with E-state index in [0.717, 1.165) is 4.90 Å². The Bertz CT molecular complexity index is 785. The first-order valence-corrected chi connectivity index (χ1v) is 8.83. The molecule has 1 amide bonds. The lowest BCUT2D eigenvalue weighted by Gasteiger charge is -2.16. The number of ether oxygens (including phenoxy) is 2. The Balaban J connectivity index is 2.05. The van der Waals surface area contributed by atoms with Crippen molar-refractivity contribution in [3.63, 3.8) is 0 Å². The molecule has 2 rings (SSSR count). The van der Waals surface area contributed by atoms with E-state index in [-0.39, 0.29) is 11.4 Å². The summed E-state index contributed by atoms with van der Waals surface area (Å²) in [5, 5.41) is 2.42. The summed E-state index contributed by atoms with van der Waals surface area (Å²) in [6, 6.07) is 12.6. The molecule has 26 heavy (non-hydrogen) atoms. The summed E-state index contributed by atoms with van der Waals surface area (Å²) >= 11 is 1.38. The van der Waals surface area contributed by atoms with Crippen LogP contribution in [0, 0.1) is 0 Å². The van der Waals surface area contributed by atoms with Crippen LogP contribution in [-0.2, 0) is 9.53 Å². The van der Waals surface area contributed by atoms with Crippen LogP contribution in [0.2, 0.25) is 0 Å². The lowest BCUT2D eigenvalue weighted by atomic mass is 10.2. The Morgan fingerprint density at radius 3 is 2.42 bits per heavy atom. The second-order valence-corrected chi connectivity index (χ2v) is 5.96. The molecule has 138 valence electrons. The van der Waals surface area contributed by atoms with E-state index in [1.807, 2.05) is 6.26 Å². The van der Waals surface area contributed by atoms with Gasteiger partial charge >= 0.3 is 12.6 Å². The lowest BCUT2D eigenvalue weighted by Crippen LogP contribution is -2.30. The molecule has 0 spiro atoms. The smallest absolute Gasteiger partial charge is 0.387 e. The van der Waals surface area contributed by atoms with Crippen LogP contribution in [0.15, 0.2) is 53.4 Å². The topological polar surface area (TPSA) is 64.6 Å². The predicted molar refractivity (Wildman–Crippen MR) is 94.8 cm³/mol. The fourth-order valence-corrected chi connectivity index (χ4v) is 2.68. The van der Waals surface area contributed by atoms with E-state index in [2.05, 4.69) is 10.1 Å². The highest BCUT2D eigenvalue weighted by Gasteiger charge is 2.22. The van der Waals surface area contributed by atoms with Crippen molar-refractivity contribution in [3.05, 3.63) is 54.1 Å². The van der Waals surface area contributed by atoms with Crippen LogP contribution >= 0.6 is 11.8 Å². The number of anilines is 1. The van der Waals surface area contributed by atoms with E-state index in [9.17, 15) is 18.4 Å². The van der Waals surface area contributed by atoms with Crippen molar-refractivity contribution in [2.75, 3.05) is 11.6 Å². The third-order valence-electron chi connectivity index (χ3n) is 3.34. The standard InChI is InChI=1S/C18H17F2NO4S/c1-11(24-17(23)12-7-3-6-10-15(12)26-2)16(22)21-13-8-4-5-9-14(13)25-18(19)20/h3-11,18H,1-2H3,(H,21,22)/t11-/m0/s1. The van der Waals surface area contributed by atoms with Crippen molar-refractivity contribution in [1.29, 1.82) is 0 Å². The highest BCUT2D eigenvalue weighted by molar-refractivity contribution is 7.98. The molecule has 0 heterocycles. The molecule has 0 fully saturated rings. The molecule has 1 N–H and O–H groups in total. The van der Waals surface area contributed by atoms with E-state index in [1.165, 1.54) is 36.9 Å². The minimum Gasteiger partial charge on any atom is -0.449 e. The molecular formula is C18H17F2NO4S. The van der Waals surface area contributed by atoms with Gasteiger partial charge < -0.3 is 14.8 Å². The third-order valence-corrected chi connectivity index (χ3v) is 4.14. The van der Waals surface area contributed by atoms with Gasteiger partial charge in [0.2, 0.25) is 0 Å². The average Bonchev–Trinajstić information content (AvgIpc) is 2.62. The molecule has 8 heteroatoms. The zero-order valence-electron chi connectivity index (χ0n) is 14.1. The number of para-hydroxylation sites is 2. The molecular weight excluding hydrogens is 364 g/mol. The SMILES string of the molecule is CSc1ccccc1C(=O)O[C@@H](C)C(=O)Nc1ccccc1OC(F)F. The molecule has 0 saturated carbocycles. The van der Waals surface area contributed by atoms with Gasteiger partial charge in [-0.3, -0.25) is 4.79 Å². The second kappa shape index (κ2) is 9.19. The highest BCUT2D eigenvalue weighted by atomic mass is 32.2. The van der Waals surface area contributed by atoms with Crippen molar-refractivity contribution in [1.82, 2.24) is 0 Å². The van der Waals surface area contributed by atoms with Crippen molar-refractivity contribution < 1.29 is 27.8 Å². The Kier molecular flexibility index (Phi) is 6.97. The van der Waals surface area contributed by atoms with Gasteiger partial charge in [0.15, 0.2) is 6.10 Å². The van der Waals surface area contributed by atoms with Crippen LogP contribution in [0.25, 0.3) is 0 Å². The van der Waals surface area contributed by atoms with Crippen LogP contribution in [0.4, 0.5) is 14.5 Å². The number of thioether (sulfide) groups is 1. The highest BCUT2D eigenvalue weighted by Crippen LogP contribution is 2.26. The first-order chi connectivity index (χ1) is 12.4. The number of carbonyl (C=O) groups is 2. The van der Waals surface area contributed by atoms with Gasteiger partial charge in [-0.2, -0.15) is 8.78 Å². The van der Waals surface area contributed by atoms with Gasteiger partial charge in [0, 0.05) is 4.90 Å². The number of esters is 1. The molecule has 0 saturated heterocycles. The molecule has 0 aliphatic rings. The zero-order valence-corrected chi connectivity index (χ0v) is 14.9. The fourth-order valence-electron chi connectivity index (χ4n) is 2.09. The summed E-state index contributed by atoms with van der Waals surface area (Å²) in [5.74, 6) is -1.48. The maximum atomic E-state index is 12.4. The van der Waals surface area contributed by atoms with E-state index in [0.29, 0.717) is 5.56 Å². The lowest BCUT2D eigenvalue weighted by molar-refractivity contribution is -0.123. The number of hydrogen-bond acceptors (Lipinski definition) is 5. The molecule has 0 unspecified atom stereocenters. The van der Waals surface area contributed by atoms with Crippen LogP contribution < -0.4 is 10.1 Å². The quantitative estimate of drug-likeness (QED) is 0.575. The third kappa shape index (κ3) is 5.19. The van der Waals surface area contributed by atoms with Gasteiger partial charge in [0.25, 0.3) is 5.91 Å². The van der Waals surface area contributed by atoms with Crippen LogP contribution in [0.5, 0.6) is 5.75 Å². The molecule has 0 aromatic heterocycles. The Hall–Kier alpha value is -2.61. The number of amides is 1. The van der Waals surface area contributed by atoms with Gasteiger partial charge in [-0.05, 0) is 37.4 Å². The second-order valence-electron chi connectivity index (χ2n) is 5.11. The monoisotopic (exact) mass is 381 g/mol. The average molecular weight is 381 g/mol. The summed E-state index contributed by atoms with van der Waals surface area (Å²) in [7, 11) is 0. The number of carbonyl (C=O) groups excluding carboxylic acids is 2. The first kappa shape index (κ1) is 19.7. The van der Waals surface area contributed by atoms with Crippen molar-refractivity contribution >= 4 is 29.3 Å². The van der Waals surface area contributed by atoms with Crippen molar-refractivity contribution in [2.45, 2.75) is 24.5 Å². The summed E-state index contributed by atoms with van der Waals surface area (Å²) in [6.45, 7) is -1.63. The number of nitrogens with one attached hydrogen (secondary N) is 1. The van der Waals surface area contributed by atoms with Gasteiger partial charge in [-0.25, -0.2) is 4.79 Å². The number of alkyl halides is 2. The first-order valence-electron chi connectivity index (χ1n) is 7.61. The molecule has 0 bridgehead atoms. The number of benzene rings is 2. The summed E-state index contributed by atoms with van der Waals surface area (Å²) < 4.78 is 34.4. The Labute approximate surface area is 153 Å². The van der Waals surface area contributed by atoms with E-state index in [1.54, 1.807) is 30.3 Å². The molecule has 0 aliphatic carbocycles. The Morgan fingerprint density at radius 2 is 1.73 bits per heavy atom. The van der Waals surface area contributed by atoms with Crippen LogP contribution in [-0.4, -0.2) is 30.8 Å². The largest absolute Gasteiger partial charge is 0.449 e. The summed E-state index contributed by atoms with van der Waals surface area (Å²) in [4.78, 5) is 25.2. The van der Waals surface area contributed by atoms with Crippen molar-refractivity contribution in [2.24, 2.45) is 0 Å². The molecule has 2 aromatic carbocycles.